The minimum Gasteiger partial charge on any atom is -0.444 e. The Kier molecular flexibility index (Phi) is 9.06. The number of amides is 3. The van der Waals surface area contributed by atoms with Gasteiger partial charge in [0.1, 0.15) is 22.5 Å². The maximum atomic E-state index is 13.2. The van der Waals surface area contributed by atoms with E-state index < -0.39 is 47.2 Å². The molecule has 0 aromatic carbocycles. The monoisotopic (exact) mass is 522 g/mol. The first-order valence-electron chi connectivity index (χ1n) is 12.4. The van der Waals surface area contributed by atoms with Gasteiger partial charge in [0.05, 0.1) is 24.0 Å². The zero-order valence-corrected chi connectivity index (χ0v) is 23.6. The number of aromatic nitrogens is 1. The van der Waals surface area contributed by atoms with Crippen LogP contribution in [0, 0.1) is 5.92 Å². The molecular weight excluding hydrogens is 480 g/mol. The molecule has 0 radical (unpaired) electrons. The molecule has 1 unspecified atom stereocenters. The highest BCUT2D eigenvalue weighted by Crippen LogP contribution is 2.34. The number of imide groups is 1. The smallest absolute Gasteiger partial charge is 0.424 e. The maximum Gasteiger partial charge on any atom is 0.424 e. The molecule has 0 bridgehead atoms. The molecule has 3 amide bonds. The second-order valence-corrected chi connectivity index (χ2v) is 12.3. The third kappa shape index (κ3) is 9.07. The molecule has 0 spiro atoms. The summed E-state index contributed by atoms with van der Waals surface area (Å²) < 4.78 is 16.4. The fourth-order valence-corrected chi connectivity index (χ4v) is 3.76. The van der Waals surface area contributed by atoms with Gasteiger partial charge in [-0.3, -0.25) is 4.98 Å². The number of aliphatic hydroxyl groups is 1. The molecule has 1 aliphatic rings. The van der Waals surface area contributed by atoms with Gasteiger partial charge in [-0.25, -0.2) is 14.4 Å². The molecule has 1 aromatic heterocycles. The molecule has 1 fully saturated rings. The van der Waals surface area contributed by atoms with Gasteiger partial charge in [-0.15, -0.1) is 0 Å². The Morgan fingerprint density at radius 1 is 0.946 bits per heavy atom. The fraction of sp³-hybridized carbons (Fsp3) is 0.692. The summed E-state index contributed by atoms with van der Waals surface area (Å²) >= 11 is 0. The first-order valence-corrected chi connectivity index (χ1v) is 12.4. The number of nitrogens with one attached hydrogen (secondary N) is 1. The summed E-state index contributed by atoms with van der Waals surface area (Å²) in [6.07, 6.45) is -0.386. The Morgan fingerprint density at radius 2 is 1.46 bits per heavy atom. The van der Waals surface area contributed by atoms with Crippen LogP contribution in [-0.2, 0) is 14.2 Å². The molecule has 37 heavy (non-hydrogen) atoms. The molecule has 1 aromatic rings. The summed E-state index contributed by atoms with van der Waals surface area (Å²) in [4.78, 5) is 45.7. The molecular formula is C26H42N4O7. The Balaban J connectivity index is 2.45. The molecule has 0 aliphatic carbocycles. The number of ether oxygens (including phenoxy) is 3. The molecule has 208 valence electrons. The molecule has 2 N–H and O–H groups in total. The van der Waals surface area contributed by atoms with E-state index in [0.29, 0.717) is 12.2 Å². The van der Waals surface area contributed by atoms with Crippen molar-refractivity contribution in [3.8, 4) is 0 Å². The van der Waals surface area contributed by atoms with Gasteiger partial charge in [0.25, 0.3) is 0 Å². The van der Waals surface area contributed by atoms with E-state index in [1.54, 1.807) is 68.4 Å². The van der Waals surface area contributed by atoms with Crippen LogP contribution < -0.4 is 15.1 Å². The van der Waals surface area contributed by atoms with Gasteiger partial charge < -0.3 is 29.5 Å². The summed E-state index contributed by atoms with van der Waals surface area (Å²) in [6.45, 7) is 17.9. The largest absolute Gasteiger partial charge is 0.444 e. The van der Waals surface area contributed by atoms with E-state index in [2.05, 4.69) is 10.3 Å². The predicted molar refractivity (Wildman–Crippen MR) is 140 cm³/mol. The normalized spacial score (nSPS) is 20.6. The van der Waals surface area contributed by atoms with Gasteiger partial charge in [-0.05, 0) is 68.4 Å². The van der Waals surface area contributed by atoms with Crippen molar-refractivity contribution in [2.24, 2.45) is 5.92 Å². The number of anilines is 2. The number of carbonyl (C=O) groups excluding carboxylic acids is 3. The molecule has 2 heterocycles. The second kappa shape index (κ2) is 11.1. The number of alkyl carbamates (subject to hydrolysis) is 1. The number of nitrogens with zero attached hydrogens (tertiary/aromatic N) is 3. The van der Waals surface area contributed by atoms with Crippen LogP contribution in [0.2, 0.25) is 0 Å². The zero-order chi connectivity index (χ0) is 28.3. The van der Waals surface area contributed by atoms with Crippen molar-refractivity contribution in [3.63, 3.8) is 0 Å². The summed E-state index contributed by atoms with van der Waals surface area (Å²) in [5.74, 6) is -0.258. The number of pyridine rings is 1. The molecule has 1 aliphatic heterocycles. The summed E-state index contributed by atoms with van der Waals surface area (Å²) in [5, 5.41) is 13.5. The van der Waals surface area contributed by atoms with E-state index in [9.17, 15) is 19.5 Å². The van der Waals surface area contributed by atoms with Crippen molar-refractivity contribution in [1.29, 1.82) is 0 Å². The Bertz CT molecular complexity index is 950. The SMILES string of the molecule is C[C@H]1CN(c2ccncc2N(C(=O)OC(C)(C)C)C(=O)OC(C)(C)C)CC(NC(=O)OC(C)(C)C)[C@@H]1O. The van der Waals surface area contributed by atoms with Crippen molar-refractivity contribution in [2.75, 3.05) is 22.9 Å². The van der Waals surface area contributed by atoms with Crippen LogP contribution in [0.25, 0.3) is 0 Å². The van der Waals surface area contributed by atoms with E-state index >= 15 is 0 Å². The van der Waals surface area contributed by atoms with Crippen LogP contribution in [-0.4, -0.2) is 70.4 Å². The third-order valence-corrected chi connectivity index (χ3v) is 5.13. The zero-order valence-electron chi connectivity index (χ0n) is 23.6. The van der Waals surface area contributed by atoms with E-state index in [-0.39, 0.29) is 18.2 Å². The summed E-state index contributed by atoms with van der Waals surface area (Å²) in [5.41, 5.74) is -1.79. The van der Waals surface area contributed by atoms with Crippen molar-refractivity contribution in [3.05, 3.63) is 18.5 Å². The van der Waals surface area contributed by atoms with Crippen molar-refractivity contribution in [1.82, 2.24) is 10.3 Å². The first kappa shape index (κ1) is 30.1. The van der Waals surface area contributed by atoms with Gasteiger partial charge in [0, 0.05) is 25.2 Å². The van der Waals surface area contributed by atoms with Crippen molar-refractivity contribution >= 4 is 29.7 Å². The molecule has 2 rings (SSSR count). The predicted octanol–water partition coefficient (Wildman–Crippen LogP) is 4.47. The quantitative estimate of drug-likeness (QED) is 0.552. The lowest BCUT2D eigenvalue weighted by molar-refractivity contribution is 0.0303. The Hall–Kier alpha value is -3.08. The average Bonchev–Trinajstić information content (AvgIpc) is 2.67. The topological polar surface area (TPSA) is 131 Å². The van der Waals surface area contributed by atoms with Crippen LogP contribution >= 0.6 is 0 Å². The standard InChI is InChI=1S/C26H42N4O7/c1-16-14-29(15-17(20(16)31)28-21(32)35-24(2,3)4)18-11-12-27-13-19(18)30(22(33)36-25(5,6)7)23(34)37-26(8,9)10/h11-13,16-17,20,31H,14-15H2,1-10H3,(H,28,32)/t16-,17?,20+/m0/s1. The van der Waals surface area contributed by atoms with Gasteiger partial charge >= 0.3 is 18.3 Å². The van der Waals surface area contributed by atoms with Crippen LogP contribution in [0.1, 0.15) is 69.2 Å². The molecule has 3 atom stereocenters. The third-order valence-electron chi connectivity index (χ3n) is 5.13. The Labute approximate surface area is 219 Å². The lowest BCUT2D eigenvalue weighted by atomic mass is 9.92. The number of hydrogen-bond acceptors (Lipinski definition) is 9. The lowest BCUT2D eigenvalue weighted by Gasteiger charge is -2.42. The highest BCUT2D eigenvalue weighted by molar-refractivity contribution is 6.11. The number of carbonyl (C=O) groups is 3. The van der Waals surface area contributed by atoms with Gasteiger partial charge in [0.2, 0.25) is 0 Å². The molecule has 11 nitrogen and oxygen atoms in total. The fourth-order valence-electron chi connectivity index (χ4n) is 3.76. The van der Waals surface area contributed by atoms with Gasteiger partial charge in [0.15, 0.2) is 0 Å². The van der Waals surface area contributed by atoms with E-state index in [1.807, 2.05) is 11.8 Å². The Morgan fingerprint density at radius 3 is 1.95 bits per heavy atom. The first-order chi connectivity index (χ1) is 16.8. The highest BCUT2D eigenvalue weighted by atomic mass is 16.6. The summed E-state index contributed by atoms with van der Waals surface area (Å²) in [6, 6.07) is 0.988. The molecule has 0 saturated carbocycles. The lowest BCUT2D eigenvalue weighted by Crippen LogP contribution is -2.59. The van der Waals surface area contributed by atoms with Crippen LogP contribution in [0.3, 0.4) is 0 Å². The number of piperidine rings is 1. The average molecular weight is 523 g/mol. The minimum atomic E-state index is -0.912. The maximum absolute atomic E-state index is 13.2. The van der Waals surface area contributed by atoms with Gasteiger partial charge in [-0.1, -0.05) is 6.92 Å². The summed E-state index contributed by atoms with van der Waals surface area (Å²) in [7, 11) is 0. The van der Waals surface area contributed by atoms with Crippen molar-refractivity contribution in [2.45, 2.75) is 98.2 Å². The second-order valence-electron chi connectivity index (χ2n) is 12.3. The molecule has 1 saturated heterocycles. The molecule has 11 heteroatoms. The number of hydrogen-bond donors (Lipinski definition) is 2. The van der Waals surface area contributed by atoms with Crippen LogP contribution in [0.5, 0.6) is 0 Å². The van der Waals surface area contributed by atoms with E-state index in [4.69, 9.17) is 14.2 Å². The van der Waals surface area contributed by atoms with Crippen molar-refractivity contribution < 1.29 is 33.7 Å². The van der Waals surface area contributed by atoms with Crippen LogP contribution in [0.4, 0.5) is 25.8 Å². The van der Waals surface area contributed by atoms with Gasteiger partial charge in [-0.2, -0.15) is 4.90 Å². The van der Waals surface area contributed by atoms with E-state index in [1.165, 1.54) is 12.4 Å². The van der Waals surface area contributed by atoms with E-state index in [0.717, 1.165) is 4.90 Å². The minimum absolute atomic E-state index is 0.158. The number of aliphatic hydroxyl groups excluding tert-OH is 1. The number of rotatable bonds is 3. The highest BCUT2D eigenvalue weighted by Gasteiger charge is 2.39. The van der Waals surface area contributed by atoms with Crippen LogP contribution in [0.15, 0.2) is 18.5 Å².